The zero-order chi connectivity index (χ0) is 16.3. The summed E-state index contributed by atoms with van der Waals surface area (Å²) in [4.78, 5) is 16.3. The van der Waals surface area contributed by atoms with E-state index in [0.29, 0.717) is 18.8 Å². The van der Waals surface area contributed by atoms with Crippen molar-refractivity contribution in [1.82, 2.24) is 5.06 Å². The van der Waals surface area contributed by atoms with Crippen LogP contribution in [0.15, 0.2) is 22.7 Å². The van der Waals surface area contributed by atoms with Crippen LogP contribution in [0.3, 0.4) is 0 Å². The van der Waals surface area contributed by atoms with Crippen LogP contribution >= 0.6 is 15.9 Å². The number of aliphatic hydroxyl groups excluding tert-OH is 1. The van der Waals surface area contributed by atoms with Crippen molar-refractivity contribution >= 4 is 21.8 Å². The fourth-order valence-corrected chi connectivity index (χ4v) is 3.04. The zero-order valence-electron chi connectivity index (χ0n) is 12.5. The van der Waals surface area contributed by atoms with Gasteiger partial charge in [-0.25, -0.2) is 9.45 Å². The highest BCUT2D eigenvalue weighted by atomic mass is 79.9. The Kier molecular flexibility index (Phi) is 5.91. The van der Waals surface area contributed by atoms with Crippen molar-refractivity contribution in [1.29, 1.82) is 0 Å². The number of ether oxygens (including phenoxy) is 1. The molecule has 2 aliphatic heterocycles. The van der Waals surface area contributed by atoms with Gasteiger partial charge in [-0.2, -0.15) is 0 Å². The van der Waals surface area contributed by atoms with Crippen LogP contribution in [-0.4, -0.2) is 48.0 Å². The average Bonchev–Trinajstić information content (AvgIpc) is 3.04. The molecule has 122 valence electrons. The molecule has 3 rings (SSSR count). The number of fused-ring (bicyclic) bond motifs is 1. The van der Waals surface area contributed by atoms with Gasteiger partial charge < -0.3 is 9.84 Å². The van der Waals surface area contributed by atoms with E-state index in [1.165, 1.54) is 18.1 Å². The Bertz CT molecular complexity index is 542. The first-order valence-electron chi connectivity index (χ1n) is 7.01. The molecular formula is C15H19BrFNO4. The average molecular weight is 376 g/mol. The number of hydroxylamine groups is 2. The van der Waals surface area contributed by atoms with Gasteiger partial charge in [-0.05, 0) is 30.7 Å². The van der Waals surface area contributed by atoms with Gasteiger partial charge in [0.2, 0.25) is 5.91 Å². The van der Waals surface area contributed by atoms with Crippen LogP contribution in [0.2, 0.25) is 0 Å². The molecule has 1 aromatic rings. The van der Waals surface area contributed by atoms with Crippen LogP contribution in [0.5, 0.6) is 0 Å². The molecule has 22 heavy (non-hydrogen) atoms. The molecule has 2 saturated heterocycles. The van der Waals surface area contributed by atoms with E-state index in [1.807, 2.05) is 0 Å². The predicted octanol–water partition coefficient (Wildman–Crippen LogP) is 2.05. The molecule has 7 heteroatoms. The second-order valence-electron chi connectivity index (χ2n) is 5.32. The molecule has 0 radical (unpaired) electrons. The highest BCUT2D eigenvalue weighted by molar-refractivity contribution is 9.10. The lowest BCUT2D eigenvalue weighted by Gasteiger charge is -2.17. The second kappa shape index (κ2) is 7.50. The lowest BCUT2D eigenvalue weighted by Crippen LogP contribution is -2.36. The number of hydrogen-bond donors (Lipinski definition) is 1. The molecule has 2 fully saturated rings. The fraction of sp³-hybridized carbons (Fsp3) is 0.533. The number of aliphatic hydroxyl groups is 1. The number of nitrogens with zero attached hydrogens (tertiary/aromatic N) is 1. The largest absolute Gasteiger partial charge is 0.394 e. The third-order valence-corrected chi connectivity index (χ3v) is 4.26. The van der Waals surface area contributed by atoms with E-state index in [2.05, 4.69) is 15.9 Å². The van der Waals surface area contributed by atoms with E-state index >= 15 is 0 Å². The van der Waals surface area contributed by atoms with Crippen LogP contribution in [0.1, 0.15) is 12.5 Å². The maximum atomic E-state index is 12.5. The van der Waals surface area contributed by atoms with Crippen LogP contribution in [0.4, 0.5) is 4.39 Å². The Labute approximate surface area is 137 Å². The summed E-state index contributed by atoms with van der Waals surface area (Å²) >= 11 is 3.23. The van der Waals surface area contributed by atoms with Gasteiger partial charge in [0.25, 0.3) is 0 Å². The monoisotopic (exact) mass is 375 g/mol. The molecule has 0 bridgehead atoms. The molecule has 1 N–H and O–H groups in total. The Balaban J connectivity index is 0.000000172. The highest BCUT2D eigenvalue weighted by Crippen LogP contribution is 2.31. The summed E-state index contributed by atoms with van der Waals surface area (Å²) in [6.45, 7) is 4.13. The van der Waals surface area contributed by atoms with Crippen molar-refractivity contribution in [3.63, 3.8) is 0 Å². The minimum absolute atomic E-state index is 0.00370. The summed E-state index contributed by atoms with van der Waals surface area (Å²) in [6, 6.07) is 4.87. The van der Waals surface area contributed by atoms with E-state index in [9.17, 15) is 9.18 Å². The molecule has 0 aliphatic carbocycles. The number of rotatable bonds is 1. The lowest BCUT2D eigenvalue weighted by atomic mass is 9.99. The third kappa shape index (κ3) is 3.84. The number of halogens is 2. The quantitative estimate of drug-likeness (QED) is 0.815. The molecule has 3 atom stereocenters. The van der Waals surface area contributed by atoms with Crippen LogP contribution in [0, 0.1) is 18.7 Å². The van der Waals surface area contributed by atoms with E-state index in [1.54, 1.807) is 19.1 Å². The summed E-state index contributed by atoms with van der Waals surface area (Å²) in [6.07, 6.45) is -0.172. The van der Waals surface area contributed by atoms with Gasteiger partial charge in [-0.3, -0.25) is 9.63 Å². The molecule has 0 aromatic heterocycles. The summed E-state index contributed by atoms with van der Waals surface area (Å²) in [5.74, 6) is -0.123. The first-order chi connectivity index (χ1) is 10.4. The SMILES string of the molecule is CC(=O)N1OCC2C1CO[C@@H]2CO.Cc1cc(Br)ccc1F. The van der Waals surface area contributed by atoms with Crippen molar-refractivity contribution < 1.29 is 23.9 Å². The maximum Gasteiger partial charge on any atom is 0.243 e. The smallest absolute Gasteiger partial charge is 0.243 e. The Morgan fingerprint density at radius 2 is 2.23 bits per heavy atom. The highest BCUT2D eigenvalue weighted by Gasteiger charge is 2.47. The summed E-state index contributed by atoms with van der Waals surface area (Å²) < 4.78 is 18.7. The fourth-order valence-electron chi connectivity index (χ4n) is 2.56. The van der Waals surface area contributed by atoms with Crippen LogP contribution in [0.25, 0.3) is 0 Å². The first-order valence-corrected chi connectivity index (χ1v) is 7.80. The molecule has 1 amide bonds. The zero-order valence-corrected chi connectivity index (χ0v) is 14.0. The van der Waals surface area contributed by atoms with E-state index < -0.39 is 0 Å². The van der Waals surface area contributed by atoms with Gasteiger partial charge in [-0.15, -0.1) is 0 Å². The Morgan fingerprint density at radius 1 is 1.50 bits per heavy atom. The number of hydrogen-bond acceptors (Lipinski definition) is 4. The summed E-state index contributed by atoms with van der Waals surface area (Å²) in [5, 5.41) is 10.3. The van der Waals surface area contributed by atoms with E-state index in [-0.39, 0.29) is 36.4 Å². The molecule has 0 saturated carbocycles. The second-order valence-corrected chi connectivity index (χ2v) is 6.24. The van der Waals surface area contributed by atoms with Crippen molar-refractivity contribution in [3.05, 3.63) is 34.1 Å². The molecule has 2 aliphatic rings. The van der Waals surface area contributed by atoms with Crippen LogP contribution in [-0.2, 0) is 14.4 Å². The van der Waals surface area contributed by atoms with Crippen molar-refractivity contribution in [2.24, 2.45) is 5.92 Å². The van der Waals surface area contributed by atoms with Gasteiger partial charge in [-0.1, -0.05) is 15.9 Å². The molecule has 1 aromatic carbocycles. The van der Waals surface area contributed by atoms with Crippen molar-refractivity contribution in [2.75, 3.05) is 19.8 Å². The molecular weight excluding hydrogens is 357 g/mol. The standard InChI is InChI=1S/C8H13NO4.C7H6BrF/c1-5(11)9-7-4-12-8(2-10)6(7)3-13-9;1-5-4-6(8)2-3-7(5)9/h6-8,10H,2-4H2,1H3;2-4H,1H3/t6?,7?,8-;/m1./s1. The minimum Gasteiger partial charge on any atom is -0.394 e. The lowest BCUT2D eigenvalue weighted by molar-refractivity contribution is -0.177. The van der Waals surface area contributed by atoms with Crippen molar-refractivity contribution in [3.8, 4) is 0 Å². The minimum atomic E-state index is -0.172. The molecule has 0 spiro atoms. The number of benzene rings is 1. The predicted molar refractivity (Wildman–Crippen MR) is 81.4 cm³/mol. The third-order valence-electron chi connectivity index (χ3n) is 3.77. The molecule has 5 nitrogen and oxygen atoms in total. The van der Waals surface area contributed by atoms with Gasteiger partial charge >= 0.3 is 0 Å². The van der Waals surface area contributed by atoms with E-state index in [4.69, 9.17) is 14.7 Å². The number of carbonyl (C=O) groups excluding carboxylic acids is 1. The van der Waals surface area contributed by atoms with Crippen LogP contribution < -0.4 is 0 Å². The summed E-state index contributed by atoms with van der Waals surface area (Å²) in [7, 11) is 0. The topological polar surface area (TPSA) is 59.0 Å². The van der Waals surface area contributed by atoms with Gasteiger partial charge in [0.1, 0.15) is 5.82 Å². The summed E-state index contributed by atoms with van der Waals surface area (Å²) in [5.41, 5.74) is 0.671. The van der Waals surface area contributed by atoms with Gasteiger partial charge in [0, 0.05) is 17.3 Å². The number of amides is 1. The van der Waals surface area contributed by atoms with E-state index in [0.717, 1.165) is 4.47 Å². The number of carbonyl (C=O) groups is 1. The Hall–Kier alpha value is -1.02. The first kappa shape index (κ1) is 17.3. The number of aryl methyl sites for hydroxylation is 1. The molecule has 2 unspecified atom stereocenters. The Morgan fingerprint density at radius 3 is 2.77 bits per heavy atom. The normalized spacial score (nSPS) is 26.4. The van der Waals surface area contributed by atoms with Gasteiger partial charge in [0.05, 0.1) is 32.0 Å². The van der Waals surface area contributed by atoms with Crippen molar-refractivity contribution in [2.45, 2.75) is 26.0 Å². The van der Waals surface area contributed by atoms with Gasteiger partial charge in [0.15, 0.2) is 0 Å². The maximum absolute atomic E-state index is 12.5. The molecule has 2 heterocycles.